The van der Waals surface area contributed by atoms with E-state index in [2.05, 4.69) is 24.1 Å². The largest absolute Gasteiger partial charge is 0.352 e. The first-order chi connectivity index (χ1) is 7.58. The van der Waals surface area contributed by atoms with Gasteiger partial charge in [0.05, 0.1) is 6.04 Å². The molecule has 3 N–H and O–H groups in total. The van der Waals surface area contributed by atoms with Gasteiger partial charge < -0.3 is 11.1 Å². The van der Waals surface area contributed by atoms with E-state index >= 15 is 0 Å². The molecule has 4 heteroatoms. The lowest BCUT2D eigenvalue weighted by molar-refractivity contribution is -0.126. The summed E-state index contributed by atoms with van der Waals surface area (Å²) in [5.41, 5.74) is 5.84. The summed E-state index contributed by atoms with van der Waals surface area (Å²) in [4.78, 5) is 14.1. The van der Waals surface area contributed by atoms with Crippen molar-refractivity contribution in [2.45, 2.75) is 58.2 Å². The number of rotatable bonds is 5. The third-order valence-corrected chi connectivity index (χ3v) is 3.52. The van der Waals surface area contributed by atoms with Gasteiger partial charge in [0.2, 0.25) is 5.91 Å². The van der Waals surface area contributed by atoms with Gasteiger partial charge in [-0.1, -0.05) is 13.8 Å². The van der Waals surface area contributed by atoms with Gasteiger partial charge in [-0.15, -0.1) is 0 Å². The van der Waals surface area contributed by atoms with Crippen molar-refractivity contribution in [1.82, 2.24) is 10.2 Å². The first-order valence-corrected chi connectivity index (χ1v) is 6.38. The molecule has 1 rings (SSSR count). The van der Waals surface area contributed by atoms with Crippen LogP contribution in [0.15, 0.2) is 0 Å². The van der Waals surface area contributed by atoms with Crippen molar-refractivity contribution in [3.05, 3.63) is 0 Å². The predicted octanol–water partition coefficient (Wildman–Crippen LogP) is 0.713. The average molecular weight is 227 g/mol. The molecule has 2 unspecified atom stereocenters. The summed E-state index contributed by atoms with van der Waals surface area (Å²) in [5.74, 6) is 0.141. The summed E-state index contributed by atoms with van der Waals surface area (Å²) >= 11 is 0. The lowest BCUT2D eigenvalue weighted by atomic mass is 10.1. The number of carbonyl (C=O) groups is 1. The predicted molar refractivity (Wildman–Crippen MR) is 66.1 cm³/mol. The molecule has 16 heavy (non-hydrogen) atoms. The third kappa shape index (κ3) is 3.46. The van der Waals surface area contributed by atoms with Crippen molar-refractivity contribution >= 4 is 5.91 Å². The topological polar surface area (TPSA) is 58.4 Å². The van der Waals surface area contributed by atoms with E-state index in [1.165, 1.54) is 0 Å². The molecule has 1 fully saturated rings. The molecule has 0 radical (unpaired) electrons. The number of hydrogen-bond acceptors (Lipinski definition) is 3. The molecule has 4 nitrogen and oxygen atoms in total. The molecule has 94 valence electrons. The maximum atomic E-state index is 12.0. The molecule has 0 saturated carbocycles. The van der Waals surface area contributed by atoms with Crippen molar-refractivity contribution in [3.63, 3.8) is 0 Å². The molecule has 0 aromatic heterocycles. The fourth-order valence-electron chi connectivity index (χ4n) is 2.15. The Morgan fingerprint density at radius 3 is 2.56 bits per heavy atom. The van der Waals surface area contributed by atoms with Crippen LogP contribution in [0, 0.1) is 0 Å². The fourth-order valence-corrected chi connectivity index (χ4v) is 2.15. The lowest BCUT2D eigenvalue weighted by Gasteiger charge is -2.25. The van der Waals surface area contributed by atoms with E-state index < -0.39 is 0 Å². The van der Waals surface area contributed by atoms with Crippen LogP contribution in [-0.4, -0.2) is 42.0 Å². The van der Waals surface area contributed by atoms with Gasteiger partial charge in [0.25, 0.3) is 0 Å². The summed E-state index contributed by atoms with van der Waals surface area (Å²) in [6.07, 6.45) is 2.99. The van der Waals surface area contributed by atoms with Gasteiger partial charge >= 0.3 is 0 Å². The highest BCUT2D eigenvalue weighted by atomic mass is 16.2. The second-order valence-electron chi connectivity index (χ2n) is 4.74. The zero-order chi connectivity index (χ0) is 12.1. The average Bonchev–Trinajstić information content (AvgIpc) is 2.71. The molecule has 1 amide bonds. The molecule has 1 heterocycles. The number of nitrogens with zero attached hydrogens (tertiary/aromatic N) is 1. The van der Waals surface area contributed by atoms with E-state index in [-0.39, 0.29) is 18.0 Å². The Labute approximate surface area is 98.6 Å². The van der Waals surface area contributed by atoms with Crippen LogP contribution >= 0.6 is 0 Å². The van der Waals surface area contributed by atoms with E-state index in [4.69, 9.17) is 5.73 Å². The van der Waals surface area contributed by atoms with E-state index in [0.29, 0.717) is 6.04 Å². The summed E-state index contributed by atoms with van der Waals surface area (Å²) < 4.78 is 0. The van der Waals surface area contributed by atoms with Crippen LogP contribution in [0.5, 0.6) is 0 Å². The molecule has 1 aliphatic rings. The Bertz CT molecular complexity index is 228. The van der Waals surface area contributed by atoms with Gasteiger partial charge in [0.15, 0.2) is 0 Å². The first kappa shape index (κ1) is 13.5. The van der Waals surface area contributed by atoms with Gasteiger partial charge in [-0.3, -0.25) is 9.69 Å². The van der Waals surface area contributed by atoms with Crippen LogP contribution in [-0.2, 0) is 4.79 Å². The van der Waals surface area contributed by atoms with Gasteiger partial charge in [-0.05, 0) is 26.2 Å². The standard InChI is InChI=1S/C12H25N3O/c1-4-11(5-2)14-12(16)9(3)15-7-6-10(13)8-15/h9-11H,4-8,13H2,1-3H3,(H,14,16). The highest BCUT2D eigenvalue weighted by Gasteiger charge is 2.28. The summed E-state index contributed by atoms with van der Waals surface area (Å²) in [6.45, 7) is 7.96. The monoisotopic (exact) mass is 227 g/mol. The Hall–Kier alpha value is -0.610. The van der Waals surface area contributed by atoms with Crippen LogP contribution < -0.4 is 11.1 Å². The van der Waals surface area contributed by atoms with Crippen LogP contribution in [0.1, 0.15) is 40.0 Å². The Morgan fingerprint density at radius 1 is 1.50 bits per heavy atom. The van der Waals surface area contributed by atoms with E-state index in [1.54, 1.807) is 0 Å². The van der Waals surface area contributed by atoms with E-state index in [0.717, 1.165) is 32.4 Å². The maximum absolute atomic E-state index is 12.0. The SMILES string of the molecule is CCC(CC)NC(=O)C(C)N1CCC(N)C1. The molecule has 0 aliphatic carbocycles. The Balaban J connectivity index is 2.41. The molecule has 1 aliphatic heterocycles. The molecular weight excluding hydrogens is 202 g/mol. The smallest absolute Gasteiger partial charge is 0.237 e. The number of hydrogen-bond donors (Lipinski definition) is 2. The maximum Gasteiger partial charge on any atom is 0.237 e. The normalized spacial score (nSPS) is 23.7. The zero-order valence-corrected chi connectivity index (χ0v) is 10.7. The van der Waals surface area contributed by atoms with Crippen LogP contribution in [0.2, 0.25) is 0 Å². The molecular formula is C12H25N3O. The van der Waals surface area contributed by atoms with Gasteiger partial charge in [-0.25, -0.2) is 0 Å². The van der Waals surface area contributed by atoms with Crippen molar-refractivity contribution in [3.8, 4) is 0 Å². The molecule has 2 atom stereocenters. The molecule has 0 aromatic rings. The van der Waals surface area contributed by atoms with Crippen LogP contribution in [0.3, 0.4) is 0 Å². The van der Waals surface area contributed by atoms with Crippen molar-refractivity contribution in [1.29, 1.82) is 0 Å². The number of carbonyl (C=O) groups excluding carboxylic acids is 1. The third-order valence-electron chi connectivity index (χ3n) is 3.52. The number of nitrogens with one attached hydrogen (secondary N) is 1. The minimum absolute atomic E-state index is 0.0471. The quantitative estimate of drug-likeness (QED) is 0.727. The highest BCUT2D eigenvalue weighted by molar-refractivity contribution is 5.81. The fraction of sp³-hybridized carbons (Fsp3) is 0.917. The number of likely N-dealkylation sites (tertiary alicyclic amines) is 1. The zero-order valence-electron chi connectivity index (χ0n) is 10.7. The molecule has 1 saturated heterocycles. The van der Waals surface area contributed by atoms with Gasteiger partial charge in [-0.2, -0.15) is 0 Å². The van der Waals surface area contributed by atoms with Crippen molar-refractivity contribution in [2.24, 2.45) is 5.73 Å². The second-order valence-corrected chi connectivity index (χ2v) is 4.74. The Kier molecular flexibility index (Phi) is 5.22. The molecule has 0 bridgehead atoms. The molecule has 0 spiro atoms. The lowest BCUT2D eigenvalue weighted by Crippen LogP contribution is -2.47. The van der Waals surface area contributed by atoms with Gasteiger partial charge in [0, 0.05) is 25.2 Å². The minimum atomic E-state index is -0.0471. The van der Waals surface area contributed by atoms with Crippen LogP contribution in [0.25, 0.3) is 0 Å². The highest BCUT2D eigenvalue weighted by Crippen LogP contribution is 2.11. The molecule has 0 aromatic carbocycles. The Morgan fingerprint density at radius 2 is 2.12 bits per heavy atom. The minimum Gasteiger partial charge on any atom is -0.352 e. The van der Waals surface area contributed by atoms with E-state index in [9.17, 15) is 4.79 Å². The summed E-state index contributed by atoms with van der Waals surface area (Å²) in [5, 5.41) is 3.09. The van der Waals surface area contributed by atoms with Crippen LogP contribution in [0.4, 0.5) is 0 Å². The summed E-state index contributed by atoms with van der Waals surface area (Å²) in [7, 11) is 0. The number of amides is 1. The number of nitrogens with two attached hydrogens (primary N) is 1. The van der Waals surface area contributed by atoms with Gasteiger partial charge in [0.1, 0.15) is 0 Å². The second kappa shape index (κ2) is 6.21. The summed E-state index contributed by atoms with van der Waals surface area (Å²) in [6, 6.07) is 0.503. The first-order valence-electron chi connectivity index (χ1n) is 6.38. The van der Waals surface area contributed by atoms with Crippen molar-refractivity contribution < 1.29 is 4.79 Å². The van der Waals surface area contributed by atoms with E-state index in [1.807, 2.05) is 6.92 Å². The van der Waals surface area contributed by atoms with Crippen molar-refractivity contribution in [2.75, 3.05) is 13.1 Å².